The number of carbonyl (C=O) groups is 2. The first-order chi connectivity index (χ1) is 22.6. The summed E-state index contributed by atoms with van der Waals surface area (Å²) in [5.74, 6) is -0.826. The van der Waals surface area contributed by atoms with E-state index in [0.29, 0.717) is 17.7 Å². The highest BCUT2D eigenvalue weighted by Gasteiger charge is 2.35. The van der Waals surface area contributed by atoms with Gasteiger partial charge in [0.25, 0.3) is 10.0 Å². The van der Waals surface area contributed by atoms with Gasteiger partial charge in [-0.05, 0) is 60.9 Å². The average Bonchev–Trinajstić information content (AvgIpc) is 3.09. The van der Waals surface area contributed by atoms with Crippen molar-refractivity contribution in [2.45, 2.75) is 50.2 Å². The fourth-order valence-electron chi connectivity index (χ4n) is 5.01. The number of amides is 2. The van der Waals surface area contributed by atoms with Gasteiger partial charge in [0, 0.05) is 25.1 Å². The van der Waals surface area contributed by atoms with Crippen molar-refractivity contribution in [2.75, 3.05) is 25.1 Å². The maximum absolute atomic E-state index is 14.6. The van der Waals surface area contributed by atoms with Crippen molar-refractivity contribution in [3.8, 4) is 11.5 Å². The molecule has 0 saturated carbocycles. The summed E-state index contributed by atoms with van der Waals surface area (Å²) in [6.07, 6.45) is 0.829. The van der Waals surface area contributed by atoms with E-state index >= 15 is 0 Å². The molecule has 0 aliphatic rings. The minimum absolute atomic E-state index is 0.0250. The van der Waals surface area contributed by atoms with Gasteiger partial charge >= 0.3 is 0 Å². The molecule has 4 aromatic carbocycles. The average molecular weight is 662 g/mol. The van der Waals surface area contributed by atoms with Crippen LogP contribution in [0.5, 0.6) is 11.5 Å². The minimum atomic E-state index is -4.29. The van der Waals surface area contributed by atoms with E-state index in [-0.39, 0.29) is 41.2 Å². The molecule has 0 aromatic heterocycles. The summed E-state index contributed by atoms with van der Waals surface area (Å²) in [6.45, 7) is 3.09. The van der Waals surface area contributed by atoms with E-state index < -0.39 is 34.3 Å². The van der Waals surface area contributed by atoms with E-state index in [0.717, 1.165) is 9.87 Å². The Balaban J connectivity index is 1.83. The van der Waals surface area contributed by atoms with Crippen LogP contribution in [0.3, 0.4) is 0 Å². The Morgan fingerprint density at radius 1 is 0.830 bits per heavy atom. The monoisotopic (exact) mass is 661 g/mol. The molecular weight excluding hydrogens is 621 g/mol. The normalized spacial score (nSPS) is 12.4. The number of benzene rings is 4. The molecule has 0 aliphatic carbocycles. The first kappa shape index (κ1) is 35.0. The smallest absolute Gasteiger partial charge is 0.264 e. The summed E-state index contributed by atoms with van der Waals surface area (Å²) in [6, 6.07) is 26.0. The number of halogens is 1. The summed E-state index contributed by atoms with van der Waals surface area (Å²) < 4.78 is 54.0. The molecule has 2 atom stereocenters. The Kier molecular flexibility index (Phi) is 12.0. The van der Waals surface area contributed by atoms with Crippen molar-refractivity contribution in [3.63, 3.8) is 0 Å². The predicted molar refractivity (Wildman–Crippen MR) is 179 cm³/mol. The summed E-state index contributed by atoms with van der Waals surface area (Å²) in [5, 5.41) is 2.99. The number of rotatable bonds is 15. The van der Waals surface area contributed by atoms with Gasteiger partial charge in [0.1, 0.15) is 18.4 Å². The molecule has 2 amide bonds. The zero-order valence-electron chi connectivity index (χ0n) is 26.9. The third-order valence-electron chi connectivity index (χ3n) is 7.80. The lowest BCUT2D eigenvalue weighted by molar-refractivity contribution is -0.140. The number of hydrogen-bond donors (Lipinski definition) is 1. The van der Waals surface area contributed by atoms with Gasteiger partial charge in [-0.25, -0.2) is 12.8 Å². The first-order valence-electron chi connectivity index (χ1n) is 15.2. The van der Waals surface area contributed by atoms with Crippen LogP contribution in [0.15, 0.2) is 108 Å². The number of nitrogens with one attached hydrogen (secondary N) is 1. The molecule has 0 heterocycles. The standard InChI is InChI=1S/C36H40FN3O6S/c1-5-26(2)38-36(42)32(22-27-12-8-6-9-13-27)39(24-28-16-18-29(37)19-17-28)35(41)25-40(47(43,44)31-14-10-7-11-15-31)30-20-21-33(45-3)34(23-30)46-4/h6-21,23,26,32H,5,22,24-25H2,1-4H3,(H,38,42)/t26-,32-/m1/s1. The highest BCUT2D eigenvalue weighted by molar-refractivity contribution is 7.92. The Hall–Kier alpha value is -4.90. The van der Waals surface area contributed by atoms with Crippen molar-refractivity contribution in [3.05, 3.63) is 120 Å². The Labute approximate surface area is 276 Å². The molecule has 4 rings (SSSR count). The van der Waals surface area contributed by atoms with Crippen LogP contribution < -0.4 is 19.1 Å². The number of ether oxygens (including phenoxy) is 2. The van der Waals surface area contributed by atoms with Crippen molar-refractivity contribution in [2.24, 2.45) is 0 Å². The third kappa shape index (κ3) is 8.88. The second-order valence-corrected chi connectivity index (χ2v) is 12.9. The molecule has 248 valence electrons. The predicted octanol–water partition coefficient (Wildman–Crippen LogP) is 5.59. The molecule has 0 spiro atoms. The highest BCUT2D eigenvalue weighted by atomic mass is 32.2. The van der Waals surface area contributed by atoms with E-state index in [1.165, 1.54) is 67.7 Å². The molecule has 9 nitrogen and oxygen atoms in total. The van der Waals surface area contributed by atoms with Gasteiger partial charge in [0.2, 0.25) is 11.8 Å². The van der Waals surface area contributed by atoms with Gasteiger partial charge in [-0.15, -0.1) is 0 Å². The van der Waals surface area contributed by atoms with E-state index in [1.807, 2.05) is 44.2 Å². The van der Waals surface area contributed by atoms with Crippen LogP contribution in [0, 0.1) is 5.82 Å². The third-order valence-corrected chi connectivity index (χ3v) is 9.59. The van der Waals surface area contributed by atoms with E-state index in [2.05, 4.69) is 5.32 Å². The van der Waals surface area contributed by atoms with E-state index in [4.69, 9.17) is 9.47 Å². The lowest BCUT2D eigenvalue weighted by Crippen LogP contribution is -2.54. The quantitative estimate of drug-likeness (QED) is 0.178. The molecule has 1 N–H and O–H groups in total. The van der Waals surface area contributed by atoms with Crippen molar-refractivity contribution in [1.82, 2.24) is 10.2 Å². The maximum atomic E-state index is 14.6. The number of anilines is 1. The summed E-state index contributed by atoms with van der Waals surface area (Å²) in [5.41, 5.74) is 1.53. The Morgan fingerprint density at radius 3 is 2.04 bits per heavy atom. The fraction of sp³-hybridized carbons (Fsp3) is 0.278. The second kappa shape index (κ2) is 16.1. The maximum Gasteiger partial charge on any atom is 0.264 e. The lowest BCUT2D eigenvalue weighted by atomic mass is 10.0. The van der Waals surface area contributed by atoms with Crippen LogP contribution in [0.4, 0.5) is 10.1 Å². The van der Waals surface area contributed by atoms with Gasteiger partial charge < -0.3 is 19.7 Å². The van der Waals surface area contributed by atoms with Crippen molar-refractivity contribution >= 4 is 27.5 Å². The van der Waals surface area contributed by atoms with Crippen molar-refractivity contribution < 1.29 is 31.9 Å². The molecule has 0 bridgehead atoms. The Morgan fingerprint density at radius 2 is 1.45 bits per heavy atom. The summed E-state index contributed by atoms with van der Waals surface area (Å²) in [7, 11) is -1.40. The molecule has 0 saturated heterocycles. The SMILES string of the molecule is CC[C@@H](C)NC(=O)[C@@H](Cc1ccccc1)N(Cc1ccc(F)cc1)C(=O)CN(c1ccc(OC)c(OC)c1)S(=O)(=O)c1ccccc1. The molecule has 0 fully saturated rings. The summed E-state index contributed by atoms with van der Waals surface area (Å²) in [4.78, 5) is 29.8. The van der Waals surface area contributed by atoms with E-state index in [9.17, 15) is 22.4 Å². The largest absolute Gasteiger partial charge is 0.493 e. The number of methoxy groups -OCH3 is 2. The van der Waals surface area contributed by atoms with Gasteiger partial charge in [0.05, 0.1) is 24.8 Å². The number of sulfonamides is 1. The van der Waals surface area contributed by atoms with Crippen LogP contribution in [-0.4, -0.2) is 58.0 Å². The topological polar surface area (TPSA) is 105 Å². The Bertz CT molecular complexity index is 1740. The molecule has 47 heavy (non-hydrogen) atoms. The minimum Gasteiger partial charge on any atom is -0.493 e. The zero-order chi connectivity index (χ0) is 34.0. The zero-order valence-corrected chi connectivity index (χ0v) is 27.7. The van der Waals surface area contributed by atoms with Crippen LogP contribution in [0.25, 0.3) is 0 Å². The van der Waals surface area contributed by atoms with Gasteiger partial charge in [-0.2, -0.15) is 0 Å². The van der Waals surface area contributed by atoms with Crippen LogP contribution in [0.1, 0.15) is 31.4 Å². The van der Waals surface area contributed by atoms with Gasteiger partial charge in [-0.3, -0.25) is 13.9 Å². The molecule has 11 heteroatoms. The molecular formula is C36H40FN3O6S. The number of carbonyl (C=O) groups excluding carboxylic acids is 2. The fourth-order valence-corrected chi connectivity index (χ4v) is 6.44. The molecule has 0 aliphatic heterocycles. The lowest BCUT2D eigenvalue weighted by Gasteiger charge is -2.34. The van der Waals surface area contributed by atoms with Crippen LogP contribution in [-0.2, 0) is 32.6 Å². The van der Waals surface area contributed by atoms with Crippen LogP contribution >= 0.6 is 0 Å². The first-order valence-corrected chi connectivity index (χ1v) is 16.7. The second-order valence-electron chi connectivity index (χ2n) is 11.0. The highest BCUT2D eigenvalue weighted by Crippen LogP contribution is 2.34. The summed E-state index contributed by atoms with van der Waals surface area (Å²) >= 11 is 0. The molecule has 4 aromatic rings. The van der Waals surface area contributed by atoms with Crippen molar-refractivity contribution in [1.29, 1.82) is 0 Å². The molecule has 0 unspecified atom stereocenters. The van der Waals surface area contributed by atoms with E-state index in [1.54, 1.807) is 24.3 Å². The number of nitrogens with zero attached hydrogens (tertiary/aromatic N) is 2. The van der Waals surface area contributed by atoms with Crippen LogP contribution in [0.2, 0.25) is 0 Å². The molecule has 0 radical (unpaired) electrons. The number of hydrogen-bond acceptors (Lipinski definition) is 6. The van der Waals surface area contributed by atoms with Gasteiger partial charge in [-0.1, -0.05) is 67.6 Å². The van der Waals surface area contributed by atoms with Gasteiger partial charge in [0.15, 0.2) is 11.5 Å².